The van der Waals surface area contributed by atoms with E-state index in [0.717, 1.165) is 11.9 Å². The van der Waals surface area contributed by atoms with Gasteiger partial charge in [-0.1, -0.05) is 0 Å². The summed E-state index contributed by atoms with van der Waals surface area (Å²) in [6.07, 6.45) is 4.99. The third kappa shape index (κ3) is 4.19. The maximum absolute atomic E-state index is 12.0. The molecule has 0 aliphatic carbocycles. The van der Waals surface area contributed by atoms with Crippen LogP contribution < -0.4 is 5.32 Å². The molecule has 1 N–H and O–H groups in total. The molecular weight excluding hydrogens is 302 g/mol. The Morgan fingerprint density at radius 1 is 1.18 bits per heavy atom. The molecule has 1 aromatic heterocycles. The number of aromatic nitrogens is 1. The van der Waals surface area contributed by atoms with E-state index in [0.29, 0.717) is 5.56 Å². The molecule has 0 aliphatic rings. The predicted octanol–water partition coefficient (Wildman–Crippen LogP) is 1.10. The van der Waals surface area contributed by atoms with Gasteiger partial charge in [-0.15, -0.1) is 0 Å². The number of amides is 1. The Kier molecular flexibility index (Phi) is 4.99. The van der Waals surface area contributed by atoms with Crippen LogP contribution in [-0.4, -0.2) is 49.6 Å². The van der Waals surface area contributed by atoms with E-state index in [2.05, 4.69) is 5.32 Å². The van der Waals surface area contributed by atoms with Gasteiger partial charge in [0.1, 0.15) is 0 Å². The Morgan fingerprint density at radius 3 is 2.32 bits per heavy atom. The fraction of sp³-hybridized carbons (Fsp3) is 0.267. The Morgan fingerprint density at radius 2 is 1.77 bits per heavy atom. The predicted molar refractivity (Wildman–Crippen MR) is 85.6 cm³/mol. The third-order valence-corrected chi connectivity index (χ3v) is 4.63. The van der Waals surface area contributed by atoms with Crippen molar-refractivity contribution in [2.45, 2.75) is 0 Å². The molecule has 0 spiro atoms. The van der Waals surface area contributed by atoms with E-state index >= 15 is 0 Å². The van der Waals surface area contributed by atoms with E-state index in [1.165, 1.54) is 11.4 Å². The SMILES string of the molecule is CN(CCNC(=O)c1ccc(-n2cccc2)cc1)S(C)(=O)=O. The summed E-state index contributed by atoms with van der Waals surface area (Å²) in [6, 6.07) is 11.1. The molecule has 22 heavy (non-hydrogen) atoms. The number of hydrogen-bond donors (Lipinski definition) is 1. The van der Waals surface area contributed by atoms with E-state index in [4.69, 9.17) is 0 Å². The largest absolute Gasteiger partial charge is 0.351 e. The van der Waals surface area contributed by atoms with Gasteiger partial charge in [0.15, 0.2) is 0 Å². The van der Waals surface area contributed by atoms with Crippen molar-refractivity contribution in [1.82, 2.24) is 14.2 Å². The summed E-state index contributed by atoms with van der Waals surface area (Å²) in [5, 5.41) is 2.70. The standard InChI is InChI=1S/C15H19N3O3S/c1-17(22(2,20)21)12-9-16-15(19)13-5-7-14(8-6-13)18-10-3-4-11-18/h3-8,10-11H,9,12H2,1-2H3,(H,16,19). The van der Waals surface area contributed by atoms with Gasteiger partial charge < -0.3 is 9.88 Å². The van der Waals surface area contributed by atoms with Crippen LogP contribution in [0.1, 0.15) is 10.4 Å². The maximum Gasteiger partial charge on any atom is 0.251 e. The molecule has 0 aliphatic heterocycles. The summed E-state index contributed by atoms with van der Waals surface area (Å²) >= 11 is 0. The lowest BCUT2D eigenvalue weighted by Crippen LogP contribution is -2.35. The van der Waals surface area contributed by atoms with Gasteiger partial charge in [0, 0.05) is 43.8 Å². The lowest BCUT2D eigenvalue weighted by atomic mass is 10.2. The molecule has 0 unspecified atom stereocenters. The molecule has 1 amide bonds. The number of sulfonamides is 1. The monoisotopic (exact) mass is 321 g/mol. The maximum atomic E-state index is 12.0. The highest BCUT2D eigenvalue weighted by molar-refractivity contribution is 7.88. The topological polar surface area (TPSA) is 71.4 Å². The quantitative estimate of drug-likeness (QED) is 0.866. The second kappa shape index (κ2) is 6.76. The van der Waals surface area contributed by atoms with Gasteiger partial charge in [-0.3, -0.25) is 4.79 Å². The number of nitrogens with zero attached hydrogens (tertiary/aromatic N) is 2. The van der Waals surface area contributed by atoms with Gasteiger partial charge in [-0.2, -0.15) is 0 Å². The van der Waals surface area contributed by atoms with E-state index in [1.54, 1.807) is 12.1 Å². The van der Waals surface area contributed by atoms with Crippen LogP contribution in [0, 0.1) is 0 Å². The van der Waals surface area contributed by atoms with Crippen LogP contribution in [0.25, 0.3) is 5.69 Å². The van der Waals surface area contributed by atoms with Crippen molar-refractivity contribution in [1.29, 1.82) is 0 Å². The minimum atomic E-state index is -3.22. The average molecular weight is 321 g/mol. The van der Waals surface area contributed by atoms with Gasteiger partial charge in [0.25, 0.3) is 5.91 Å². The van der Waals surface area contributed by atoms with Crippen LogP contribution in [0.4, 0.5) is 0 Å². The van der Waals surface area contributed by atoms with Crippen molar-refractivity contribution < 1.29 is 13.2 Å². The molecule has 2 aromatic rings. The van der Waals surface area contributed by atoms with Crippen LogP contribution in [0.2, 0.25) is 0 Å². The molecule has 0 radical (unpaired) electrons. The second-order valence-electron chi connectivity index (χ2n) is 4.98. The molecule has 0 atom stereocenters. The van der Waals surface area contributed by atoms with Gasteiger partial charge in [-0.25, -0.2) is 12.7 Å². The number of rotatable bonds is 6. The number of nitrogens with one attached hydrogen (secondary N) is 1. The second-order valence-corrected chi connectivity index (χ2v) is 7.07. The highest BCUT2D eigenvalue weighted by Gasteiger charge is 2.11. The Hall–Kier alpha value is -2.12. The zero-order valence-corrected chi connectivity index (χ0v) is 13.4. The lowest BCUT2D eigenvalue weighted by molar-refractivity contribution is 0.0952. The van der Waals surface area contributed by atoms with Gasteiger partial charge in [-0.05, 0) is 36.4 Å². The summed E-state index contributed by atoms with van der Waals surface area (Å²) in [6.45, 7) is 0.508. The van der Waals surface area contributed by atoms with Crippen molar-refractivity contribution >= 4 is 15.9 Å². The summed E-state index contributed by atoms with van der Waals surface area (Å²) < 4.78 is 25.6. The van der Waals surface area contributed by atoms with E-state index in [1.807, 2.05) is 41.2 Å². The minimum absolute atomic E-state index is 0.221. The van der Waals surface area contributed by atoms with Gasteiger partial charge in [0.2, 0.25) is 10.0 Å². The van der Waals surface area contributed by atoms with Crippen LogP contribution >= 0.6 is 0 Å². The molecular formula is C15H19N3O3S. The Balaban J connectivity index is 1.91. The molecule has 118 valence electrons. The zero-order chi connectivity index (χ0) is 16.2. The normalized spacial score (nSPS) is 11.6. The van der Waals surface area contributed by atoms with E-state index < -0.39 is 10.0 Å². The fourth-order valence-electron chi connectivity index (χ4n) is 1.89. The molecule has 1 aromatic carbocycles. The van der Waals surface area contributed by atoms with Crippen LogP contribution in [0.5, 0.6) is 0 Å². The first-order valence-corrected chi connectivity index (χ1v) is 8.65. The van der Waals surface area contributed by atoms with Crippen molar-refractivity contribution in [3.05, 3.63) is 54.4 Å². The minimum Gasteiger partial charge on any atom is -0.351 e. The fourth-order valence-corrected chi connectivity index (χ4v) is 2.31. The smallest absolute Gasteiger partial charge is 0.251 e. The third-order valence-electron chi connectivity index (χ3n) is 3.31. The number of carbonyl (C=O) groups is 1. The first kappa shape index (κ1) is 16.3. The van der Waals surface area contributed by atoms with Crippen molar-refractivity contribution in [3.63, 3.8) is 0 Å². The zero-order valence-electron chi connectivity index (χ0n) is 12.6. The molecule has 6 nitrogen and oxygen atoms in total. The molecule has 1 heterocycles. The first-order valence-electron chi connectivity index (χ1n) is 6.81. The Bertz CT molecular complexity index is 722. The van der Waals surface area contributed by atoms with Crippen LogP contribution in [-0.2, 0) is 10.0 Å². The van der Waals surface area contributed by atoms with Crippen molar-refractivity contribution in [2.75, 3.05) is 26.4 Å². The van der Waals surface area contributed by atoms with Crippen LogP contribution in [0.15, 0.2) is 48.8 Å². The van der Waals surface area contributed by atoms with Crippen molar-refractivity contribution in [2.24, 2.45) is 0 Å². The lowest BCUT2D eigenvalue weighted by Gasteiger charge is -2.14. The summed E-state index contributed by atoms with van der Waals surface area (Å²) in [4.78, 5) is 12.0. The van der Waals surface area contributed by atoms with Gasteiger partial charge in [0.05, 0.1) is 6.26 Å². The van der Waals surface area contributed by atoms with E-state index in [-0.39, 0.29) is 19.0 Å². The Labute approximate surface area is 130 Å². The van der Waals surface area contributed by atoms with Gasteiger partial charge >= 0.3 is 0 Å². The van der Waals surface area contributed by atoms with E-state index in [9.17, 15) is 13.2 Å². The highest BCUT2D eigenvalue weighted by Crippen LogP contribution is 2.09. The van der Waals surface area contributed by atoms with Crippen LogP contribution in [0.3, 0.4) is 0 Å². The highest BCUT2D eigenvalue weighted by atomic mass is 32.2. The molecule has 2 rings (SSSR count). The molecule has 0 saturated carbocycles. The number of benzene rings is 1. The summed E-state index contributed by atoms with van der Waals surface area (Å²) in [7, 11) is -1.74. The molecule has 7 heteroatoms. The molecule has 0 fully saturated rings. The average Bonchev–Trinajstić information content (AvgIpc) is 3.00. The number of carbonyl (C=O) groups excluding carboxylic acids is 1. The summed E-state index contributed by atoms with van der Waals surface area (Å²) in [5.74, 6) is -0.221. The summed E-state index contributed by atoms with van der Waals surface area (Å²) in [5.41, 5.74) is 1.51. The molecule has 0 bridgehead atoms. The van der Waals surface area contributed by atoms with Crippen molar-refractivity contribution in [3.8, 4) is 5.69 Å². The number of hydrogen-bond acceptors (Lipinski definition) is 3. The number of likely N-dealkylation sites (N-methyl/N-ethyl adjacent to an activating group) is 1. The molecule has 0 saturated heterocycles. The first-order chi connectivity index (χ1) is 10.4.